The van der Waals surface area contributed by atoms with Crippen LogP contribution in [0.15, 0.2) is 30.3 Å². The minimum Gasteiger partial charge on any atom is -0.496 e. The fourth-order valence-electron chi connectivity index (χ4n) is 2.98. The Balaban J connectivity index is 1.91. The largest absolute Gasteiger partial charge is 0.496 e. The van der Waals surface area contributed by atoms with Crippen LogP contribution in [0.1, 0.15) is 23.2 Å². The lowest BCUT2D eigenvalue weighted by Crippen LogP contribution is -2.45. The smallest absolute Gasteiger partial charge is 0.317 e. The third kappa shape index (κ3) is 4.14. The van der Waals surface area contributed by atoms with Crippen LogP contribution in [-0.4, -0.2) is 38.2 Å². The second-order valence-electron chi connectivity index (χ2n) is 6.06. The first-order valence-corrected chi connectivity index (χ1v) is 9.25. The molecule has 138 valence electrons. The Hall–Kier alpha value is -2.58. The number of hydrogen-bond donors (Lipinski definition) is 4. The molecule has 1 saturated heterocycles. The standard InChI is InChI=1S/C18H22N4O3S/c1-25-14-7-3-2-6-12(14)15-9-13(17(26-15)22-18(19)24)16(23)21-11-5-4-8-20-10-11/h2-3,6-7,9,11,20H,4-5,8,10H2,1H3,(H,21,23)(H3,19,22,24)/t11-/m0/s1. The number of hydrogen-bond acceptors (Lipinski definition) is 5. The van der Waals surface area contributed by atoms with Gasteiger partial charge in [-0.3, -0.25) is 10.1 Å². The molecule has 0 spiro atoms. The van der Waals surface area contributed by atoms with Crippen molar-refractivity contribution in [1.82, 2.24) is 10.6 Å². The van der Waals surface area contributed by atoms with Crippen LogP contribution in [0.4, 0.5) is 9.80 Å². The second kappa shape index (κ2) is 8.20. The molecule has 1 aromatic carbocycles. The fraction of sp³-hybridized carbons (Fsp3) is 0.333. The van der Waals surface area contributed by atoms with Gasteiger partial charge >= 0.3 is 6.03 Å². The molecular formula is C18H22N4O3S. The summed E-state index contributed by atoms with van der Waals surface area (Å²) in [5, 5.41) is 9.28. The van der Waals surface area contributed by atoms with Crippen LogP contribution in [0.2, 0.25) is 0 Å². The van der Waals surface area contributed by atoms with Crippen molar-refractivity contribution >= 4 is 28.3 Å². The molecule has 7 nitrogen and oxygen atoms in total. The van der Waals surface area contributed by atoms with Crippen LogP contribution in [-0.2, 0) is 0 Å². The van der Waals surface area contributed by atoms with E-state index in [2.05, 4.69) is 16.0 Å². The molecule has 1 aliphatic heterocycles. The SMILES string of the molecule is COc1ccccc1-c1cc(C(=O)N[C@H]2CCCNC2)c(NC(N)=O)s1. The zero-order valence-electron chi connectivity index (χ0n) is 14.5. The Morgan fingerprint density at radius 2 is 2.15 bits per heavy atom. The molecule has 26 heavy (non-hydrogen) atoms. The summed E-state index contributed by atoms with van der Waals surface area (Å²) in [6.07, 6.45) is 1.95. The number of anilines is 1. The van der Waals surface area contributed by atoms with E-state index in [-0.39, 0.29) is 11.9 Å². The van der Waals surface area contributed by atoms with Crippen molar-refractivity contribution in [2.24, 2.45) is 5.73 Å². The van der Waals surface area contributed by atoms with Crippen LogP contribution in [0.5, 0.6) is 5.75 Å². The Bertz CT molecular complexity index is 799. The van der Waals surface area contributed by atoms with Gasteiger partial charge in [-0.15, -0.1) is 11.3 Å². The molecule has 0 aliphatic carbocycles. The first kappa shape index (κ1) is 18.2. The van der Waals surface area contributed by atoms with Crippen molar-refractivity contribution in [2.45, 2.75) is 18.9 Å². The Kier molecular flexibility index (Phi) is 5.75. The van der Waals surface area contributed by atoms with Crippen molar-refractivity contribution < 1.29 is 14.3 Å². The summed E-state index contributed by atoms with van der Waals surface area (Å²) in [5.74, 6) is 0.475. The zero-order chi connectivity index (χ0) is 18.5. The van der Waals surface area contributed by atoms with Gasteiger partial charge in [0.25, 0.3) is 5.91 Å². The van der Waals surface area contributed by atoms with Crippen molar-refractivity contribution in [2.75, 3.05) is 25.5 Å². The average molecular weight is 374 g/mol. The number of methoxy groups -OCH3 is 1. The predicted molar refractivity (Wildman–Crippen MR) is 103 cm³/mol. The molecular weight excluding hydrogens is 352 g/mol. The number of nitrogens with two attached hydrogens (primary N) is 1. The Morgan fingerprint density at radius 3 is 2.85 bits per heavy atom. The molecule has 3 rings (SSSR count). The zero-order valence-corrected chi connectivity index (χ0v) is 15.3. The second-order valence-corrected chi connectivity index (χ2v) is 7.11. The molecule has 0 unspecified atom stereocenters. The predicted octanol–water partition coefficient (Wildman–Crippen LogP) is 2.40. The van der Waals surface area contributed by atoms with Gasteiger partial charge in [0.05, 0.1) is 12.7 Å². The van der Waals surface area contributed by atoms with E-state index in [4.69, 9.17) is 10.5 Å². The summed E-state index contributed by atoms with van der Waals surface area (Å²) in [7, 11) is 1.60. The van der Waals surface area contributed by atoms with Gasteiger partial charge in [0, 0.05) is 23.0 Å². The van der Waals surface area contributed by atoms with Crippen molar-refractivity contribution in [1.29, 1.82) is 0 Å². The molecule has 5 N–H and O–H groups in total. The van der Waals surface area contributed by atoms with Gasteiger partial charge in [-0.25, -0.2) is 4.79 Å². The van der Waals surface area contributed by atoms with E-state index >= 15 is 0 Å². The number of primary amides is 1. The van der Waals surface area contributed by atoms with Gasteiger partial charge < -0.3 is 21.1 Å². The van der Waals surface area contributed by atoms with E-state index in [1.54, 1.807) is 13.2 Å². The number of carbonyl (C=O) groups is 2. The maximum Gasteiger partial charge on any atom is 0.317 e. The highest BCUT2D eigenvalue weighted by Crippen LogP contribution is 2.39. The lowest BCUT2D eigenvalue weighted by atomic mass is 10.1. The fourth-order valence-corrected chi connectivity index (χ4v) is 4.07. The maximum absolute atomic E-state index is 12.8. The highest BCUT2D eigenvalue weighted by molar-refractivity contribution is 7.20. The lowest BCUT2D eigenvalue weighted by molar-refractivity contribution is 0.0932. The number of ether oxygens (including phenoxy) is 1. The molecule has 0 saturated carbocycles. The number of rotatable bonds is 5. The number of amides is 3. The number of benzene rings is 1. The summed E-state index contributed by atoms with van der Waals surface area (Å²) >= 11 is 1.29. The molecule has 1 aromatic heterocycles. The van der Waals surface area contributed by atoms with Gasteiger partial charge in [0.1, 0.15) is 10.8 Å². The number of para-hydroxylation sites is 1. The quantitative estimate of drug-likeness (QED) is 0.645. The molecule has 0 radical (unpaired) electrons. The van der Waals surface area contributed by atoms with E-state index in [1.165, 1.54) is 11.3 Å². The van der Waals surface area contributed by atoms with Crippen LogP contribution in [0.3, 0.4) is 0 Å². The Morgan fingerprint density at radius 1 is 1.35 bits per heavy atom. The van der Waals surface area contributed by atoms with E-state index in [1.807, 2.05) is 24.3 Å². The minimum atomic E-state index is -0.702. The number of urea groups is 1. The van der Waals surface area contributed by atoms with Crippen molar-refractivity contribution in [3.63, 3.8) is 0 Å². The van der Waals surface area contributed by atoms with E-state index in [0.29, 0.717) is 16.3 Å². The molecule has 0 bridgehead atoms. The lowest BCUT2D eigenvalue weighted by Gasteiger charge is -2.23. The number of nitrogens with one attached hydrogen (secondary N) is 3. The van der Waals surface area contributed by atoms with Gasteiger partial charge in [-0.05, 0) is 37.6 Å². The van der Waals surface area contributed by atoms with Crippen LogP contribution in [0, 0.1) is 0 Å². The topological polar surface area (TPSA) is 105 Å². The average Bonchev–Trinajstić information content (AvgIpc) is 3.05. The van der Waals surface area contributed by atoms with Crippen LogP contribution >= 0.6 is 11.3 Å². The molecule has 1 aliphatic rings. The van der Waals surface area contributed by atoms with Gasteiger partial charge in [0.15, 0.2) is 0 Å². The van der Waals surface area contributed by atoms with Gasteiger partial charge in [-0.1, -0.05) is 12.1 Å². The summed E-state index contributed by atoms with van der Waals surface area (Å²) in [4.78, 5) is 24.9. The number of carbonyl (C=O) groups excluding carboxylic acids is 2. The van der Waals surface area contributed by atoms with Crippen molar-refractivity contribution in [3.05, 3.63) is 35.9 Å². The first-order chi connectivity index (χ1) is 12.6. The summed E-state index contributed by atoms with van der Waals surface area (Å²) in [5.41, 5.74) is 6.53. The summed E-state index contributed by atoms with van der Waals surface area (Å²) < 4.78 is 5.40. The highest BCUT2D eigenvalue weighted by Gasteiger charge is 2.22. The van der Waals surface area contributed by atoms with E-state index < -0.39 is 6.03 Å². The summed E-state index contributed by atoms with van der Waals surface area (Å²) in [6, 6.07) is 8.67. The molecule has 3 amide bonds. The molecule has 1 fully saturated rings. The molecule has 1 atom stereocenters. The van der Waals surface area contributed by atoms with E-state index in [0.717, 1.165) is 36.4 Å². The normalized spacial score (nSPS) is 16.7. The minimum absolute atomic E-state index is 0.0762. The third-order valence-electron chi connectivity index (χ3n) is 4.22. The molecule has 8 heteroatoms. The highest BCUT2D eigenvalue weighted by atomic mass is 32.1. The number of thiophene rings is 1. The number of piperidine rings is 1. The molecule has 2 aromatic rings. The first-order valence-electron chi connectivity index (χ1n) is 8.43. The monoisotopic (exact) mass is 374 g/mol. The third-order valence-corrected chi connectivity index (χ3v) is 5.30. The van der Waals surface area contributed by atoms with Crippen LogP contribution in [0.25, 0.3) is 10.4 Å². The van der Waals surface area contributed by atoms with Crippen molar-refractivity contribution in [3.8, 4) is 16.2 Å². The maximum atomic E-state index is 12.8. The van der Waals surface area contributed by atoms with Gasteiger partial charge in [0.2, 0.25) is 0 Å². The molecule has 2 heterocycles. The summed E-state index contributed by atoms with van der Waals surface area (Å²) in [6.45, 7) is 1.71. The van der Waals surface area contributed by atoms with Crippen LogP contribution < -0.4 is 26.4 Å². The van der Waals surface area contributed by atoms with Gasteiger partial charge in [-0.2, -0.15) is 0 Å². The Labute approximate surface area is 155 Å². The van der Waals surface area contributed by atoms with E-state index in [9.17, 15) is 9.59 Å².